The zero-order valence-electron chi connectivity index (χ0n) is 17.4. The number of ether oxygens (including phenoxy) is 1. The number of furan rings is 1. The highest BCUT2D eigenvalue weighted by atomic mass is 16.5. The molecule has 0 fully saturated rings. The minimum absolute atomic E-state index is 0.312. The Labute approximate surface area is 179 Å². The fraction of sp³-hybridized carbons (Fsp3) is 0.208. The highest BCUT2D eigenvalue weighted by molar-refractivity contribution is 5.88. The molecule has 2 aromatic carbocycles. The molecule has 31 heavy (non-hydrogen) atoms. The first-order valence-electron chi connectivity index (χ1n) is 10.2. The summed E-state index contributed by atoms with van der Waals surface area (Å²) in [5, 5.41) is 14.9. The molecular weight excluding hydrogens is 392 g/mol. The molecule has 0 spiro atoms. The lowest BCUT2D eigenvalue weighted by Gasteiger charge is -2.07. The lowest BCUT2D eigenvalue weighted by molar-refractivity contribution is 0.274. The number of hydrogen-bond donors (Lipinski definition) is 0. The van der Waals surface area contributed by atoms with Crippen LogP contribution in [0.3, 0.4) is 0 Å². The van der Waals surface area contributed by atoms with E-state index in [-0.39, 0.29) is 0 Å². The maximum atomic E-state index is 5.99. The molecular formula is C24H22N4O3. The number of aromatic nitrogens is 4. The second kappa shape index (κ2) is 8.10. The predicted molar refractivity (Wildman–Crippen MR) is 116 cm³/mol. The first-order chi connectivity index (χ1) is 15.2. The van der Waals surface area contributed by atoms with E-state index in [9.17, 15) is 0 Å². The summed E-state index contributed by atoms with van der Waals surface area (Å²) in [4.78, 5) is 0. The number of hydrogen-bond acceptors (Lipinski definition) is 6. The van der Waals surface area contributed by atoms with E-state index >= 15 is 0 Å². The molecule has 156 valence electrons. The van der Waals surface area contributed by atoms with Gasteiger partial charge in [-0.05, 0) is 43.5 Å². The summed E-state index contributed by atoms with van der Waals surface area (Å²) in [5.74, 6) is 2.94. The van der Waals surface area contributed by atoms with E-state index in [1.807, 2.05) is 67.1 Å². The van der Waals surface area contributed by atoms with Crippen LogP contribution in [0.15, 0.2) is 69.5 Å². The Morgan fingerprint density at radius 3 is 2.68 bits per heavy atom. The number of fused-ring (bicyclic) bond motifs is 1. The van der Waals surface area contributed by atoms with Gasteiger partial charge in [-0.25, -0.2) is 0 Å². The van der Waals surface area contributed by atoms with Gasteiger partial charge in [-0.15, -0.1) is 10.2 Å². The molecule has 0 aliphatic rings. The molecule has 0 aliphatic carbocycles. The Bertz CT molecular complexity index is 1330. The quantitative estimate of drug-likeness (QED) is 0.368. The summed E-state index contributed by atoms with van der Waals surface area (Å²) in [7, 11) is 0. The number of benzene rings is 2. The van der Waals surface area contributed by atoms with E-state index in [1.54, 1.807) is 0 Å². The number of rotatable bonds is 7. The second-order valence-corrected chi connectivity index (χ2v) is 7.43. The third-order valence-electron chi connectivity index (χ3n) is 5.10. The van der Waals surface area contributed by atoms with Gasteiger partial charge >= 0.3 is 0 Å². The highest BCUT2D eigenvalue weighted by Gasteiger charge is 2.14. The molecule has 0 atom stereocenters. The van der Waals surface area contributed by atoms with Crippen LogP contribution in [0.2, 0.25) is 0 Å². The van der Waals surface area contributed by atoms with Crippen LogP contribution in [-0.4, -0.2) is 20.0 Å². The summed E-state index contributed by atoms with van der Waals surface area (Å²) >= 11 is 0. The van der Waals surface area contributed by atoms with E-state index in [2.05, 4.69) is 27.4 Å². The average molecular weight is 414 g/mol. The molecule has 0 saturated carbocycles. The molecule has 3 heterocycles. The molecule has 0 unspecified atom stereocenters. The second-order valence-electron chi connectivity index (χ2n) is 7.43. The van der Waals surface area contributed by atoms with Gasteiger partial charge in [0.15, 0.2) is 5.76 Å². The van der Waals surface area contributed by atoms with Crippen LogP contribution in [0.1, 0.15) is 23.0 Å². The Balaban J connectivity index is 1.24. The van der Waals surface area contributed by atoms with Gasteiger partial charge in [0.1, 0.15) is 18.1 Å². The van der Waals surface area contributed by atoms with Gasteiger partial charge in [0, 0.05) is 24.0 Å². The van der Waals surface area contributed by atoms with Gasteiger partial charge in [-0.2, -0.15) is 5.10 Å². The van der Waals surface area contributed by atoms with Crippen molar-refractivity contribution in [1.82, 2.24) is 20.0 Å². The SMILES string of the molecule is Cc1cc(C)n(CCc2nnc(-c3ccc(COc4cccc5ccccc45)o3)o2)n1. The predicted octanol–water partition coefficient (Wildman–Crippen LogP) is 5.12. The third-order valence-corrected chi connectivity index (χ3v) is 5.10. The zero-order chi connectivity index (χ0) is 21.2. The maximum absolute atomic E-state index is 5.99. The van der Waals surface area contributed by atoms with E-state index in [4.69, 9.17) is 13.6 Å². The molecule has 0 amide bonds. The van der Waals surface area contributed by atoms with Crippen LogP contribution >= 0.6 is 0 Å². The topological polar surface area (TPSA) is 79.1 Å². The summed E-state index contributed by atoms with van der Waals surface area (Å²) in [6.07, 6.45) is 0.604. The van der Waals surface area contributed by atoms with Gasteiger partial charge in [0.25, 0.3) is 5.89 Å². The van der Waals surface area contributed by atoms with Gasteiger partial charge in [-0.1, -0.05) is 36.4 Å². The van der Waals surface area contributed by atoms with Crippen molar-refractivity contribution in [3.8, 4) is 17.4 Å². The van der Waals surface area contributed by atoms with Crippen LogP contribution in [0.25, 0.3) is 22.4 Å². The minimum atomic E-state index is 0.312. The van der Waals surface area contributed by atoms with Crippen LogP contribution in [0.5, 0.6) is 5.75 Å². The van der Waals surface area contributed by atoms with Crippen LogP contribution in [0, 0.1) is 13.8 Å². The largest absolute Gasteiger partial charge is 0.485 e. The van der Waals surface area contributed by atoms with Gasteiger partial charge in [0.2, 0.25) is 5.89 Å². The molecule has 3 aromatic heterocycles. The fourth-order valence-electron chi connectivity index (χ4n) is 3.60. The van der Waals surface area contributed by atoms with Gasteiger partial charge in [0.05, 0.1) is 5.69 Å². The first kappa shape index (κ1) is 19.1. The molecule has 0 aliphatic heterocycles. The zero-order valence-corrected chi connectivity index (χ0v) is 17.4. The molecule has 0 bridgehead atoms. The summed E-state index contributed by atoms with van der Waals surface area (Å²) < 4.78 is 19.6. The Morgan fingerprint density at radius 2 is 1.81 bits per heavy atom. The van der Waals surface area contributed by atoms with Crippen molar-refractivity contribution in [2.45, 2.75) is 33.4 Å². The smallest absolute Gasteiger partial charge is 0.283 e. The van der Waals surface area contributed by atoms with Crippen LogP contribution in [0.4, 0.5) is 0 Å². The van der Waals surface area contributed by atoms with Crippen molar-refractivity contribution >= 4 is 10.8 Å². The first-order valence-corrected chi connectivity index (χ1v) is 10.2. The van der Waals surface area contributed by atoms with Crippen molar-refractivity contribution in [1.29, 1.82) is 0 Å². The number of aryl methyl sites for hydroxylation is 4. The molecule has 7 nitrogen and oxygen atoms in total. The highest BCUT2D eigenvalue weighted by Crippen LogP contribution is 2.27. The van der Waals surface area contributed by atoms with Crippen LogP contribution < -0.4 is 4.74 Å². The molecule has 0 saturated heterocycles. The Kier molecular flexibility index (Phi) is 5.00. The van der Waals surface area contributed by atoms with E-state index < -0.39 is 0 Å². The van der Waals surface area contributed by atoms with Crippen molar-refractivity contribution in [2.75, 3.05) is 0 Å². The molecule has 5 aromatic rings. The summed E-state index contributed by atoms with van der Waals surface area (Å²) in [6.45, 7) is 5.01. The van der Waals surface area contributed by atoms with E-state index in [0.717, 1.165) is 27.9 Å². The summed E-state index contributed by atoms with van der Waals surface area (Å²) in [6, 6.07) is 19.9. The Morgan fingerprint density at radius 1 is 0.935 bits per heavy atom. The van der Waals surface area contributed by atoms with Gasteiger partial charge in [-0.3, -0.25) is 4.68 Å². The minimum Gasteiger partial charge on any atom is -0.485 e. The van der Waals surface area contributed by atoms with Gasteiger partial charge < -0.3 is 13.6 Å². The molecule has 7 heteroatoms. The average Bonchev–Trinajstić information content (AvgIpc) is 3.50. The normalized spacial score (nSPS) is 11.3. The third kappa shape index (κ3) is 4.07. The van der Waals surface area contributed by atoms with E-state index in [0.29, 0.717) is 42.9 Å². The lowest BCUT2D eigenvalue weighted by Crippen LogP contribution is -2.05. The molecule has 0 N–H and O–H groups in total. The fourth-order valence-corrected chi connectivity index (χ4v) is 3.60. The lowest BCUT2D eigenvalue weighted by atomic mass is 10.1. The van der Waals surface area contributed by atoms with Crippen molar-refractivity contribution in [2.24, 2.45) is 0 Å². The monoisotopic (exact) mass is 414 g/mol. The Hall–Kier alpha value is -3.87. The number of nitrogens with zero attached hydrogens (tertiary/aromatic N) is 4. The maximum Gasteiger partial charge on any atom is 0.283 e. The molecule has 0 radical (unpaired) electrons. The van der Waals surface area contributed by atoms with E-state index in [1.165, 1.54) is 0 Å². The summed E-state index contributed by atoms with van der Waals surface area (Å²) in [5.41, 5.74) is 2.11. The van der Waals surface area contributed by atoms with Crippen molar-refractivity contribution in [3.63, 3.8) is 0 Å². The van der Waals surface area contributed by atoms with Crippen LogP contribution in [-0.2, 0) is 19.6 Å². The van der Waals surface area contributed by atoms with Crippen molar-refractivity contribution in [3.05, 3.63) is 83.7 Å². The molecule has 5 rings (SSSR count). The van der Waals surface area contributed by atoms with Crippen molar-refractivity contribution < 1.29 is 13.6 Å². The standard InChI is InChI=1S/C24H22N4O3/c1-16-14-17(2)28(27-16)13-12-23-25-26-24(31-23)22-11-10-19(30-22)15-29-21-9-5-7-18-6-3-4-8-20(18)21/h3-11,14H,12-13,15H2,1-2H3.